The quantitative estimate of drug-likeness (QED) is 0.795. The van der Waals surface area contributed by atoms with Gasteiger partial charge < -0.3 is 10.1 Å². The van der Waals surface area contributed by atoms with Crippen LogP contribution >= 0.6 is 0 Å². The second-order valence-corrected chi connectivity index (χ2v) is 6.10. The molecule has 0 aliphatic heterocycles. The highest BCUT2D eigenvalue weighted by atomic mass is 32.2. The number of nitrogens with one attached hydrogen (secondary N) is 2. The van der Waals surface area contributed by atoms with E-state index in [-0.39, 0.29) is 12.2 Å². The van der Waals surface area contributed by atoms with Gasteiger partial charge in [-0.2, -0.15) is 8.42 Å². The molecule has 0 unspecified atom stereocenters. The van der Waals surface area contributed by atoms with Gasteiger partial charge in [0.25, 0.3) is 10.0 Å². The van der Waals surface area contributed by atoms with Crippen molar-refractivity contribution in [1.29, 1.82) is 0 Å². The highest BCUT2D eigenvalue weighted by Gasteiger charge is 2.26. The number of urea groups is 1. The van der Waals surface area contributed by atoms with Crippen molar-refractivity contribution >= 4 is 27.7 Å². The zero-order chi connectivity index (χ0) is 17.6. The predicted molar refractivity (Wildman–Crippen MR) is 86.0 cm³/mol. The summed E-state index contributed by atoms with van der Waals surface area (Å²) < 4.78 is 31.2. The molecule has 24 heavy (non-hydrogen) atoms. The number of carbonyl (C=O) groups is 2. The fourth-order valence-electron chi connectivity index (χ4n) is 1.82. The first kappa shape index (κ1) is 17.4. The SMILES string of the molecule is CCOC(=O)c1cccnc1S(=O)(=O)NC(=O)Nc1ccccc1. The maximum Gasteiger partial charge on any atom is 0.341 e. The van der Waals surface area contributed by atoms with Gasteiger partial charge in [0.1, 0.15) is 0 Å². The summed E-state index contributed by atoms with van der Waals surface area (Å²) >= 11 is 0. The third-order valence-electron chi connectivity index (χ3n) is 2.78. The number of amides is 2. The van der Waals surface area contributed by atoms with Crippen LogP contribution in [0.5, 0.6) is 0 Å². The fourth-order valence-corrected chi connectivity index (χ4v) is 2.85. The lowest BCUT2D eigenvalue weighted by atomic mass is 10.3. The van der Waals surface area contributed by atoms with Gasteiger partial charge in [-0.1, -0.05) is 18.2 Å². The summed E-state index contributed by atoms with van der Waals surface area (Å²) in [5, 5.41) is 1.79. The van der Waals surface area contributed by atoms with Gasteiger partial charge in [-0.15, -0.1) is 0 Å². The van der Waals surface area contributed by atoms with E-state index in [0.29, 0.717) is 5.69 Å². The third-order valence-corrected chi connectivity index (χ3v) is 4.07. The van der Waals surface area contributed by atoms with Crippen molar-refractivity contribution in [2.45, 2.75) is 11.9 Å². The largest absolute Gasteiger partial charge is 0.462 e. The Morgan fingerprint density at radius 1 is 1.12 bits per heavy atom. The van der Waals surface area contributed by atoms with Gasteiger partial charge in [0.05, 0.1) is 12.2 Å². The number of hydrogen-bond acceptors (Lipinski definition) is 6. The zero-order valence-electron chi connectivity index (χ0n) is 12.7. The first-order valence-corrected chi connectivity index (χ1v) is 8.43. The summed E-state index contributed by atoms with van der Waals surface area (Å²) in [7, 11) is -4.35. The lowest BCUT2D eigenvalue weighted by Crippen LogP contribution is -2.35. The van der Waals surface area contributed by atoms with Crippen LogP contribution in [0.4, 0.5) is 10.5 Å². The Hall–Kier alpha value is -2.94. The lowest BCUT2D eigenvalue weighted by Gasteiger charge is -2.10. The van der Waals surface area contributed by atoms with Crippen LogP contribution in [0.25, 0.3) is 0 Å². The Morgan fingerprint density at radius 2 is 1.83 bits per heavy atom. The number of aromatic nitrogens is 1. The number of hydrogen-bond donors (Lipinski definition) is 2. The Bertz CT molecular complexity index is 837. The van der Waals surface area contributed by atoms with Crippen LogP contribution in [0.2, 0.25) is 0 Å². The van der Waals surface area contributed by atoms with Crippen molar-refractivity contribution in [2.24, 2.45) is 0 Å². The highest BCUT2D eigenvalue weighted by molar-refractivity contribution is 7.90. The molecule has 0 aliphatic rings. The number of pyridine rings is 1. The van der Waals surface area contributed by atoms with E-state index in [1.165, 1.54) is 18.3 Å². The highest BCUT2D eigenvalue weighted by Crippen LogP contribution is 2.14. The van der Waals surface area contributed by atoms with Crippen LogP contribution in [-0.2, 0) is 14.8 Å². The number of para-hydroxylation sites is 1. The van der Waals surface area contributed by atoms with E-state index >= 15 is 0 Å². The Kier molecular flexibility index (Phi) is 5.48. The Balaban J connectivity index is 2.21. The van der Waals surface area contributed by atoms with Crippen molar-refractivity contribution in [3.8, 4) is 0 Å². The van der Waals surface area contributed by atoms with E-state index in [9.17, 15) is 18.0 Å². The monoisotopic (exact) mass is 349 g/mol. The van der Waals surface area contributed by atoms with Crippen LogP contribution in [-0.4, -0.2) is 32.0 Å². The minimum atomic E-state index is -4.35. The summed E-state index contributed by atoms with van der Waals surface area (Å²) in [5.41, 5.74) is 0.163. The molecule has 0 bridgehead atoms. The second-order valence-electron chi connectivity index (χ2n) is 4.50. The van der Waals surface area contributed by atoms with Crippen LogP contribution in [0.3, 0.4) is 0 Å². The summed E-state index contributed by atoms with van der Waals surface area (Å²) in [6.45, 7) is 1.67. The molecule has 1 heterocycles. The average Bonchev–Trinajstić information content (AvgIpc) is 2.55. The molecule has 0 atom stereocenters. The average molecular weight is 349 g/mol. The molecule has 126 valence electrons. The van der Waals surface area contributed by atoms with Crippen LogP contribution < -0.4 is 10.0 Å². The third kappa shape index (κ3) is 4.29. The van der Waals surface area contributed by atoms with Gasteiger partial charge in [0.15, 0.2) is 5.03 Å². The van der Waals surface area contributed by atoms with Crippen LogP contribution in [0, 0.1) is 0 Å². The Morgan fingerprint density at radius 3 is 2.50 bits per heavy atom. The molecule has 0 radical (unpaired) electrons. The van der Waals surface area contributed by atoms with Gasteiger partial charge >= 0.3 is 12.0 Å². The van der Waals surface area contributed by atoms with E-state index in [1.807, 2.05) is 4.72 Å². The van der Waals surface area contributed by atoms with Gasteiger partial charge in [0.2, 0.25) is 0 Å². The molecule has 0 aliphatic carbocycles. The number of benzene rings is 1. The van der Waals surface area contributed by atoms with Crippen molar-refractivity contribution in [3.05, 3.63) is 54.2 Å². The smallest absolute Gasteiger partial charge is 0.341 e. The minimum Gasteiger partial charge on any atom is -0.462 e. The molecular weight excluding hydrogens is 334 g/mol. The Labute approximate surface area is 138 Å². The second kappa shape index (κ2) is 7.55. The first-order valence-electron chi connectivity index (χ1n) is 6.95. The van der Waals surface area contributed by atoms with Gasteiger partial charge in [-0.25, -0.2) is 19.3 Å². The minimum absolute atomic E-state index is 0.0785. The normalized spacial score (nSPS) is 10.7. The predicted octanol–water partition coefficient (Wildman–Crippen LogP) is 1.77. The van der Waals surface area contributed by atoms with Gasteiger partial charge in [0, 0.05) is 11.9 Å². The zero-order valence-corrected chi connectivity index (χ0v) is 13.5. The van der Waals surface area contributed by atoms with Crippen molar-refractivity contribution in [2.75, 3.05) is 11.9 Å². The van der Waals surface area contributed by atoms with Crippen molar-refractivity contribution in [1.82, 2.24) is 9.71 Å². The van der Waals surface area contributed by atoms with Crippen LogP contribution in [0.1, 0.15) is 17.3 Å². The standard InChI is InChI=1S/C15H15N3O5S/c1-2-23-14(19)12-9-6-10-16-13(12)24(21,22)18-15(20)17-11-7-4-3-5-8-11/h3-10H,2H2,1H3,(H2,17,18,20). The molecule has 0 fully saturated rings. The van der Waals surface area contributed by atoms with Crippen molar-refractivity contribution in [3.63, 3.8) is 0 Å². The molecule has 0 spiro atoms. The molecule has 0 saturated heterocycles. The van der Waals surface area contributed by atoms with E-state index in [2.05, 4.69) is 10.3 Å². The molecule has 2 aromatic rings. The molecule has 9 heteroatoms. The number of sulfonamides is 1. The van der Waals surface area contributed by atoms with Gasteiger partial charge in [-0.3, -0.25) is 0 Å². The lowest BCUT2D eigenvalue weighted by molar-refractivity contribution is 0.0520. The summed E-state index contributed by atoms with van der Waals surface area (Å²) in [6.07, 6.45) is 1.20. The van der Waals surface area contributed by atoms with Crippen molar-refractivity contribution < 1.29 is 22.7 Å². The molecule has 8 nitrogen and oxygen atoms in total. The molecular formula is C15H15N3O5S. The number of esters is 1. The van der Waals surface area contributed by atoms with E-state index < -0.39 is 27.0 Å². The maximum absolute atomic E-state index is 12.3. The first-order chi connectivity index (χ1) is 11.4. The molecule has 0 saturated carbocycles. The summed E-state index contributed by atoms with van der Waals surface area (Å²) in [6, 6.07) is 9.99. The molecule has 2 rings (SSSR count). The number of nitrogens with zero attached hydrogens (tertiary/aromatic N) is 1. The maximum atomic E-state index is 12.3. The van der Waals surface area contributed by atoms with E-state index in [1.54, 1.807) is 37.3 Å². The van der Waals surface area contributed by atoms with E-state index in [4.69, 9.17) is 4.74 Å². The van der Waals surface area contributed by atoms with Gasteiger partial charge in [-0.05, 0) is 31.2 Å². The number of ether oxygens (including phenoxy) is 1. The number of rotatable bonds is 5. The fraction of sp³-hybridized carbons (Fsp3) is 0.133. The topological polar surface area (TPSA) is 114 Å². The number of carbonyl (C=O) groups excluding carboxylic acids is 2. The molecule has 2 amide bonds. The summed E-state index contributed by atoms with van der Waals surface area (Å²) in [4.78, 5) is 27.4. The molecule has 1 aromatic carbocycles. The van der Waals surface area contributed by atoms with Crippen LogP contribution in [0.15, 0.2) is 53.7 Å². The number of anilines is 1. The van der Waals surface area contributed by atoms with E-state index in [0.717, 1.165) is 0 Å². The summed E-state index contributed by atoms with van der Waals surface area (Å²) in [5.74, 6) is -0.838. The molecule has 2 N–H and O–H groups in total. The molecule has 1 aromatic heterocycles.